The average molecular weight is 299 g/mol. The minimum atomic E-state index is -0.708. The first-order chi connectivity index (χ1) is 9.74. The van der Waals surface area contributed by atoms with Crippen LogP contribution in [0.3, 0.4) is 0 Å². The lowest BCUT2D eigenvalue weighted by Crippen LogP contribution is -2.63. The van der Waals surface area contributed by atoms with Crippen LogP contribution < -0.4 is 5.73 Å². The summed E-state index contributed by atoms with van der Waals surface area (Å²) in [5.41, 5.74) is 4.37. The van der Waals surface area contributed by atoms with Crippen LogP contribution >= 0.6 is 0 Å². The fourth-order valence-corrected chi connectivity index (χ4v) is 2.80. The maximum atomic E-state index is 12.0. The van der Waals surface area contributed by atoms with Gasteiger partial charge >= 0.3 is 6.09 Å². The van der Waals surface area contributed by atoms with E-state index in [0.717, 1.165) is 0 Å². The molecule has 0 bridgehead atoms. The second kappa shape index (κ2) is 5.81. The monoisotopic (exact) mass is 299 g/mol. The van der Waals surface area contributed by atoms with Gasteiger partial charge in [0.1, 0.15) is 11.1 Å². The molecule has 0 aromatic carbocycles. The Kier molecular flexibility index (Phi) is 4.43. The molecule has 7 heteroatoms. The average Bonchev–Trinajstić information content (AvgIpc) is 2.87. The molecule has 2 saturated heterocycles. The molecular weight excluding hydrogens is 274 g/mol. The van der Waals surface area contributed by atoms with E-state index in [0.29, 0.717) is 45.8 Å². The number of carbonyl (C=O) groups excluding carboxylic acids is 2. The van der Waals surface area contributed by atoms with Crippen molar-refractivity contribution in [1.29, 1.82) is 0 Å². The van der Waals surface area contributed by atoms with Crippen molar-refractivity contribution in [2.45, 2.75) is 38.3 Å². The standard InChI is InChI=1S/C14H25N3O4/c1-13(2,3)21-12(19)16-5-7-17(8-6-16)14(11(15)18)4-9-20-10-14/h4-10H2,1-3H3,(H2,15,18)/t14-/m0/s1. The highest BCUT2D eigenvalue weighted by Gasteiger charge is 2.47. The van der Waals surface area contributed by atoms with Crippen molar-refractivity contribution in [2.24, 2.45) is 5.73 Å². The van der Waals surface area contributed by atoms with Gasteiger partial charge in [-0.3, -0.25) is 9.69 Å². The summed E-state index contributed by atoms with van der Waals surface area (Å²) in [5, 5.41) is 0. The Balaban J connectivity index is 1.94. The van der Waals surface area contributed by atoms with E-state index in [1.165, 1.54) is 0 Å². The predicted octanol–water partition coefficient (Wildman–Crippen LogP) is 0.184. The third-order valence-electron chi connectivity index (χ3n) is 4.00. The Morgan fingerprint density at radius 3 is 2.24 bits per heavy atom. The Bertz CT molecular complexity index is 405. The Labute approximate surface area is 125 Å². The third kappa shape index (κ3) is 3.47. The summed E-state index contributed by atoms with van der Waals surface area (Å²) in [6.45, 7) is 8.70. The molecule has 0 unspecified atom stereocenters. The van der Waals surface area contributed by atoms with E-state index in [4.69, 9.17) is 15.2 Å². The number of amides is 2. The van der Waals surface area contributed by atoms with Crippen LogP contribution in [0.15, 0.2) is 0 Å². The normalized spacial score (nSPS) is 27.7. The summed E-state index contributed by atoms with van der Waals surface area (Å²) in [6, 6.07) is 0. The molecule has 0 spiro atoms. The highest BCUT2D eigenvalue weighted by atomic mass is 16.6. The van der Waals surface area contributed by atoms with E-state index < -0.39 is 11.1 Å². The van der Waals surface area contributed by atoms with E-state index in [1.54, 1.807) is 4.90 Å². The molecule has 7 nitrogen and oxygen atoms in total. The molecule has 2 amide bonds. The summed E-state index contributed by atoms with van der Waals surface area (Å²) in [4.78, 5) is 27.6. The molecule has 0 radical (unpaired) electrons. The topological polar surface area (TPSA) is 85.1 Å². The quantitative estimate of drug-likeness (QED) is 0.786. The summed E-state index contributed by atoms with van der Waals surface area (Å²) in [5.74, 6) is -0.342. The minimum absolute atomic E-state index is 0.307. The lowest BCUT2D eigenvalue weighted by atomic mass is 9.94. The second-order valence-corrected chi connectivity index (χ2v) is 6.65. The Morgan fingerprint density at radius 1 is 1.19 bits per heavy atom. The van der Waals surface area contributed by atoms with Gasteiger partial charge in [0.05, 0.1) is 6.61 Å². The maximum absolute atomic E-state index is 12.0. The van der Waals surface area contributed by atoms with E-state index >= 15 is 0 Å². The Hall–Kier alpha value is -1.34. The Morgan fingerprint density at radius 2 is 1.81 bits per heavy atom. The van der Waals surface area contributed by atoms with Crippen LogP contribution in [0.5, 0.6) is 0 Å². The summed E-state index contributed by atoms with van der Waals surface area (Å²) in [6.07, 6.45) is 0.312. The first-order valence-corrected chi connectivity index (χ1v) is 7.35. The van der Waals surface area contributed by atoms with Gasteiger partial charge in [-0.2, -0.15) is 0 Å². The summed E-state index contributed by atoms with van der Waals surface area (Å²) in [7, 11) is 0. The van der Waals surface area contributed by atoms with Crippen LogP contribution in [0.1, 0.15) is 27.2 Å². The predicted molar refractivity (Wildman–Crippen MR) is 76.7 cm³/mol. The molecule has 0 saturated carbocycles. The zero-order chi connectivity index (χ0) is 15.7. The SMILES string of the molecule is CC(C)(C)OC(=O)N1CCN([C@@]2(C(N)=O)CCOC2)CC1. The molecule has 120 valence electrons. The number of primary amides is 1. The highest BCUT2D eigenvalue weighted by Crippen LogP contribution is 2.27. The molecule has 2 aliphatic heterocycles. The van der Waals surface area contributed by atoms with Crippen LogP contribution in [0.2, 0.25) is 0 Å². The van der Waals surface area contributed by atoms with Crippen LogP contribution in [-0.4, -0.2) is 72.3 Å². The van der Waals surface area contributed by atoms with Gasteiger partial charge < -0.3 is 20.1 Å². The van der Waals surface area contributed by atoms with Gasteiger partial charge in [-0.15, -0.1) is 0 Å². The highest BCUT2D eigenvalue weighted by molar-refractivity contribution is 5.85. The van der Waals surface area contributed by atoms with Crippen molar-refractivity contribution in [1.82, 2.24) is 9.80 Å². The van der Waals surface area contributed by atoms with Gasteiger partial charge in [0.2, 0.25) is 5.91 Å². The number of nitrogens with two attached hydrogens (primary N) is 1. The van der Waals surface area contributed by atoms with Gasteiger partial charge in [0.15, 0.2) is 0 Å². The number of carbonyl (C=O) groups is 2. The van der Waals surface area contributed by atoms with Crippen molar-refractivity contribution >= 4 is 12.0 Å². The summed E-state index contributed by atoms with van der Waals surface area (Å²) < 4.78 is 10.7. The number of nitrogens with zero attached hydrogens (tertiary/aromatic N) is 2. The molecule has 21 heavy (non-hydrogen) atoms. The molecule has 2 fully saturated rings. The molecular formula is C14H25N3O4. The van der Waals surface area contributed by atoms with Gasteiger partial charge in [0, 0.05) is 39.2 Å². The smallest absolute Gasteiger partial charge is 0.410 e. The molecule has 1 atom stereocenters. The van der Waals surface area contributed by atoms with Crippen molar-refractivity contribution in [3.8, 4) is 0 Å². The van der Waals surface area contributed by atoms with Crippen molar-refractivity contribution in [3.63, 3.8) is 0 Å². The maximum Gasteiger partial charge on any atom is 0.410 e. The molecule has 2 heterocycles. The summed E-state index contributed by atoms with van der Waals surface area (Å²) >= 11 is 0. The lowest BCUT2D eigenvalue weighted by Gasteiger charge is -2.43. The number of ether oxygens (including phenoxy) is 2. The first kappa shape index (κ1) is 16.0. The number of piperazine rings is 1. The third-order valence-corrected chi connectivity index (χ3v) is 4.00. The van der Waals surface area contributed by atoms with Gasteiger partial charge in [-0.25, -0.2) is 4.79 Å². The van der Waals surface area contributed by atoms with Gasteiger partial charge in [-0.05, 0) is 20.8 Å². The molecule has 0 aromatic rings. The zero-order valence-electron chi connectivity index (χ0n) is 13.1. The number of hydrogen-bond donors (Lipinski definition) is 1. The number of rotatable bonds is 2. The van der Waals surface area contributed by atoms with Crippen LogP contribution in [-0.2, 0) is 14.3 Å². The molecule has 0 aliphatic carbocycles. The van der Waals surface area contributed by atoms with E-state index in [-0.39, 0.29) is 12.0 Å². The fraction of sp³-hybridized carbons (Fsp3) is 0.857. The van der Waals surface area contributed by atoms with Crippen molar-refractivity contribution in [3.05, 3.63) is 0 Å². The van der Waals surface area contributed by atoms with Crippen molar-refractivity contribution < 1.29 is 19.1 Å². The second-order valence-electron chi connectivity index (χ2n) is 6.65. The fourth-order valence-electron chi connectivity index (χ4n) is 2.80. The molecule has 2 rings (SSSR count). The van der Waals surface area contributed by atoms with Crippen LogP contribution in [0, 0.1) is 0 Å². The van der Waals surface area contributed by atoms with Gasteiger partial charge in [0.25, 0.3) is 0 Å². The van der Waals surface area contributed by atoms with Gasteiger partial charge in [-0.1, -0.05) is 0 Å². The van der Waals surface area contributed by atoms with Crippen molar-refractivity contribution in [2.75, 3.05) is 39.4 Å². The molecule has 0 aromatic heterocycles. The zero-order valence-corrected chi connectivity index (χ0v) is 13.1. The number of hydrogen-bond acceptors (Lipinski definition) is 5. The lowest BCUT2D eigenvalue weighted by molar-refractivity contribution is -0.131. The van der Waals surface area contributed by atoms with E-state index in [1.807, 2.05) is 25.7 Å². The molecule has 2 N–H and O–H groups in total. The van der Waals surface area contributed by atoms with E-state index in [9.17, 15) is 9.59 Å². The minimum Gasteiger partial charge on any atom is -0.444 e. The van der Waals surface area contributed by atoms with Crippen LogP contribution in [0.25, 0.3) is 0 Å². The molecule has 2 aliphatic rings. The van der Waals surface area contributed by atoms with Crippen LogP contribution in [0.4, 0.5) is 4.79 Å². The largest absolute Gasteiger partial charge is 0.444 e. The first-order valence-electron chi connectivity index (χ1n) is 7.35. The van der Waals surface area contributed by atoms with E-state index in [2.05, 4.69) is 0 Å².